The Morgan fingerprint density at radius 1 is 1.04 bits per heavy atom. The molecular weight excluding hydrogens is 322 g/mol. The number of carbonyl (C=O) groups is 1. The van der Waals surface area contributed by atoms with Crippen molar-refractivity contribution in [2.24, 2.45) is 0 Å². The largest absolute Gasteiger partial charge is 0.322 e. The fourth-order valence-electron chi connectivity index (χ4n) is 2.55. The summed E-state index contributed by atoms with van der Waals surface area (Å²) >= 11 is 0. The summed E-state index contributed by atoms with van der Waals surface area (Å²) in [6.07, 6.45) is 1.18. The third-order valence-electron chi connectivity index (χ3n) is 3.60. The molecule has 0 atom stereocenters. The molecule has 0 heterocycles. The van der Waals surface area contributed by atoms with Crippen LogP contribution in [0.2, 0.25) is 0 Å². The second-order valence-electron chi connectivity index (χ2n) is 7.02. The van der Waals surface area contributed by atoms with Crippen molar-refractivity contribution in [3.05, 3.63) is 65.2 Å². The van der Waals surface area contributed by atoms with E-state index in [1.807, 2.05) is 24.3 Å². The van der Waals surface area contributed by atoms with E-state index in [9.17, 15) is 13.2 Å². The Balaban J connectivity index is 2.27. The average Bonchev–Trinajstić information content (AvgIpc) is 2.45. The summed E-state index contributed by atoms with van der Waals surface area (Å²) in [5.74, 6) is -0.325. The quantitative estimate of drug-likeness (QED) is 0.917. The Labute approximate surface area is 143 Å². The van der Waals surface area contributed by atoms with Crippen LogP contribution in [0.5, 0.6) is 0 Å². The van der Waals surface area contributed by atoms with E-state index in [2.05, 4.69) is 26.1 Å². The van der Waals surface area contributed by atoms with Crippen LogP contribution in [0.25, 0.3) is 0 Å². The van der Waals surface area contributed by atoms with Crippen LogP contribution in [0.1, 0.15) is 42.3 Å². The number of hydrogen-bond acceptors (Lipinski definition) is 3. The monoisotopic (exact) mass is 345 g/mol. The number of amides is 1. The van der Waals surface area contributed by atoms with Crippen LogP contribution in [0.4, 0.5) is 5.69 Å². The molecule has 2 aromatic rings. The maximum atomic E-state index is 12.6. The highest BCUT2D eigenvalue weighted by Crippen LogP contribution is 2.29. The minimum atomic E-state index is -3.14. The Hall–Kier alpha value is -2.14. The van der Waals surface area contributed by atoms with E-state index < -0.39 is 9.84 Å². The van der Waals surface area contributed by atoms with Gasteiger partial charge in [0, 0.05) is 17.5 Å². The normalized spacial score (nSPS) is 12.0. The maximum absolute atomic E-state index is 12.6. The number of hydrogen-bond donors (Lipinski definition) is 1. The van der Waals surface area contributed by atoms with Gasteiger partial charge >= 0.3 is 0 Å². The number of anilines is 1. The van der Waals surface area contributed by atoms with Gasteiger partial charge in [-0.3, -0.25) is 4.79 Å². The van der Waals surface area contributed by atoms with E-state index in [0.29, 0.717) is 11.1 Å². The second-order valence-corrected chi connectivity index (χ2v) is 9.16. The van der Waals surface area contributed by atoms with E-state index in [1.165, 1.54) is 6.26 Å². The highest BCUT2D eigenvalue weighted by molar-refractivity contribution is 7.89. The van der Waals surface area contributed by atoms with Gasteiger partial charge in [-0.05, 0) is 34.7 Å². The molecule has 5 heteroatoms. The van der Waals surface area contributed by atoms with Crippen molar-refractivity contribution >= 4 is 21.4 Å². The zero-order valence-electron chi connectivity index (χ0n) is 14.5. The fraction of sp³-hybridized carbons (Fsp3) is 0.316. The maximum Gasteiger partial charge on any atom is 0.255 e. The zero-order valence-corrected chi connectivity index (χ0v) is 15.3. The van der Waals surface area contributed by atoms with Crippen molar-refractivity contribution in [3.63, 3.8) is 0 Å². The highest BCUT2D eigenvalue weighted by atomic mass is 32.2. The second kappa shape index (κ2) is 6.77. The van der Waals surface area contributed by atoms with Crippen LogP contribution >= 0.6 is 0 Å². The standard InChI is InChI=1S/C19H23NO3S/c1-19(2,3)16-10-5-6-11-17(16)20-18(21)15-9-7-8-14(12-15)13-24(4,22)23/h5-12H,13H2,1-4H3,(H,20,21). The van der Waals surface area contributed by atoms with Crippen LogP contribution in [-0.4, -0.2) is 20.6 Å². The van der Waals surface area contributed by atoms with Crippen LogP contribution in [0.15, 0.2) is 48.5 Å². The minimum absolute atomic E-state index is 0.0767. The van der Waals surface area contributed by atoms with Gasteiger partial charge in [0.25, 0.3) is 5.91 Å². The number of rotatable bonds is 4. The Kier molecular flexibility index (Phi) is 5.13. The number of benzene rings is 2. The van der Waals surface area contributed by atoms with Crippen molar-refractivity contribution in [2.75, 3.05) is 11.6 Å². The van der Waals surface area contributed by atoms with Crippen LogP contribution < -0.4 is 5.32 Å². The smallest absolute Gasteiger partial charge is 0.255 e. The summed E-state index contributed by atoms with van der Waals surface area (Å²) in [6, 6.07) is 14.4. The lowest BCUT2D eigenvalue weighted by Crippen LogP contribution is -2.18. The molecule has 2 aromatic carbocycles. The summed E-state index contributed by atoms with van der Waals surface area (Å²) in [6.45, 7) is 6.26. The summed E-state index contributed by atoms with van der Waals surface area (Å²) < 4.78 is 22.9. The minimum Gasteiger partial charge on any atom is -0.322 e. The average molecular weight is 345 g/mol. The fourth-order valence-corrected chi connectivity index (χ4v) is 3.33. The topological polar surface area (TPSA) is 63.2 Å². The molecule has 1 N–H and O–H groups in total. The molecule has 0 radical (unpaired) electrons. The first-order valence-electron chi connectivity index (χ1n) is 7.74. The molecule has 0 aliphatic heterocycles. The van der Waals surface area contributed by atoms with E-state index in [4.69, 9.17) is 0 Å². The van der Waals surface area contributed by atoms with Crippen molar-refractivity contribution in [3.8, 4) is 0 Å². The predicted molar refractivity (Wildman–Crippen MR) is 98.1 cm³/mol. The van der Waals surface area contributed by atoms with Gasteiger partial charge in [-0.15, -0.1) is 0 Å². The van der Waals surface area contributed by atoms with E-state index in [-0.39, 0.29) is 17.1 Å². The number of sulfone groups is 1. The van der Waals surface area contributed by atoms with E-state index in [0.717, 1.165) is 11.3 Å². The van der Waals surface area contributed by atoms with Gasteiger partial charge in [-0.25, -0.2) is 8.42 Å². The molecular formula is C19H23NO3S. The van der Waals surface area contributed by atoms with Crippen LogP contribution in [-0.2, 0) is 21.0 Å². The summed E-state index contributed by atoms with van der Waals surface area (Å²) in [5.41, 5.74) is 2.77. The molecule has 1 amide bonds. The first-order chi connectivity index (χ1) is 11.1. The Morgan fingerprint density at radius 2 is 1.71 bits per heavy atom. The van der Waals surface area contributed by atoms with Gasteiger partial charge < -0.3 is 5.32 Å². The molecule has 24 heavy (non-hydrogen) atoms. The van der Waals surface area contributed by atoms with E-state index in [1.54, 1.807) is 24.3 Å². The Morgan fingerprint density at radius 3 is 2.33 bits per heavy atom. The van der Waals surface area contributed by atoms with Gasteiger partial charge in [-0.1, -0.05) is 51.1 Å². The van der Waals surface area contributed by atoms with Crippen molar-refractivity contribution in [2.45, 2.75) is 31.9 Å². The molecule has 0 spiro atoms. The molecule has 0 fully saturated rings. The molecule has 0 aliphatic carbocycles. The number of nitrogens with one attached hydrogen (secondary N) is 1. The van der Waals surface area contributed by atoms with Gasteiger partial charge in [0.2, 0.25) is 0 Å². The predicted octanol–water partition coefficient (Wildman–Crippen LogP) is 3.78. The molecule has 0 unspecified atom stereocenters. The molecule has 0 saturated heterocycles. The molecule has 0 saturated carbocycles. The summed E-state index contributed by atoms with van der Waals surface area (Å²) in [4.78, 5) is 12.6. The van der Waals surface area contributed by atoms with Crippen LogP contribution in [0.3, 0.4) is 0 Å². The molecule has 0 aromatic heterocycles. The van der Waals surface area contributed by atoms with Crippen molar-refractivity contribution < 1.29 is 13.2 Å². The van der Waals surface area contributed by atoms with Crippen molar-refractivity contribution in [1.82, 2.24) is 0 Å². The molecule has 2 rings (SSSR count). The summed E-state index contributed by atoms with van der Waals surface area (Å²) in [5, 5.41) is 2.94. The zero-order chi connectivity index (χ0) is 18.0. The Bertz CT molecular complexity index is 849. The first kappa shape index (κ1) is 18.2. The number of carbonyl (C=O) groups excluding carboxylic acids is 1. The SMILES string of the molecule is CC(C)(C)c1ccccc1NC(=O)c1cccc(CS(C)(=O)=O)c1. The van der Waals surface area contributed by atoms with Gasteiger partial charge in [0.15, 0.2) is 9.84 Å². The molecule has 0 bridgehead atoms. The lowest BCUT2D eigenvalue weighted by Gasteiger charge is -2.23. The third-order valence-corrected chi connectivity index (χ3v) is 4.46. The number of para-hydroxylation sites is 1. The first-order valence-corrected chi connectivity index (χ1v) is 9.80. The third kappa shape index (κ3) is 4.93. The molecule has 4 nitrogen and oxygen atoms in total. The van der Waals surface area contributed by atoms with Gasteiger partial charge in [-0.2, -0.15) is 0 Å². The van der Waals surface area contributed by atoms with Gasteiger partial charge in [0.05, 0.1) is 5.75 Å². The molecule has 128 valence electrons. The van der Waals surface area contributed by atoms with Crippen LogP contribution in [0, 0.1) is 0 Å². The summed E-state index contributed by atoms with van der Waals surface area (Å²) in [7, 11) is -3.14. The lowest BCUT2D eigenvalue weighted by molar-refractivity contribution is 0.102. The highest BCUT2D eigenvalue weighted by Gasteiger charge is 2.19. The molecule has 0 aliphatic rings. The van der Waals surface area contributed by atoms with E-state index >= 15 is 0 Å². The lowest BCUT2D eigenvalue weighted by atomic mass is 9.86. The van der Waals surface area contributed by atoms with Gasteiger partial charge in [0.1, 0.15) is 0 Å². The van der Waals surface area contributed by atoms with Crippen molar-refractivity contribution in [1.29, 1.82) is 0 Å².